The first-order valence-corrected chi connectivity index (χ1v) is 8.14. The van der Waals surface area contributed by atoms with Crippen molar-refractivity contribution in [3.05, 3.63) is 45.9 Å². The summed E-state index contributed by atoms with van der Waals surface area (Å²) >= 11 is 1.66. The molecule has 0 saturated heterocycles. The van der Waals surface area contributed by atoms with Crippen molar-refractivity contribution in [3.63, 3.8) is 0 Å². The average molecular weight is 446 g/mol. The average Bonchev–Trinajstić information content (AvgIpc) is 2.88. The fourth-order valence-electron chi connectivity index (χ4n) is 2.09. The van der Waals surface area contributed by atoms with E-state index in [2.05, 4.69) is 25.6 Å². The Balaban J connectivity index is 0.00000264. The van der Waals surface area contributed by atoms with Gasteiger partial charge in [0.15, 0.2) is 5.96 Å². The molecule has 1 heterocycles. The van der Waals surface area contributed by atoms with Crippen molar-refractivity contribution in [2.75, 3.05) is 13.6 Å². The number of rotatable bonds is 5. The molecule has 0 atom stereocenters. The summed E-state index contributed by atoms with van der Waals surface area (Å²) in [6.07, 6.45) is 0. The molecule has 0 aliphatic rings. The van der Waals surface area contributed by atoms with Crippen LogP contribution in [0.5, 0.6) is 5.75 Å². The molecule has 2 aromatic rings. The van der Waals surface area contributed by atoms with Crippen molar-refractivity contribution < 1.29 is 5.11 Å². The number of phenols is 1. The van der Waals surface area contributed by atoms with E-state index in [4.69, 9.17) is 0 Å². The maximum atomic E-state index is 9.51. The first-order chi connectivity index (χ1) is 10.6. The Morgan fingerprint density at radius 1 is 1.43 bits per heavy atom. The molecule has 2 rings (SSSR count). The SMILES string of the molecule is CCNC(=NCc1cccc(O)c1)N(C)Cc1csc(C)n1.I. The van der Waals surface area contributed by atoms with Gasteiger partial charge in [0.2, 0.25) is 0 Å². The number of guanidine groups is 1. The summed E-state index contributed by atoms with van der Waals surface area (Å²) in [6.45, 7) is 6.10. The van der Waals surface area contributed by atoms with Crippen LogP contribution in [0.1, 0.15) is 23.2 Å². The van der Waals surface area contributed by atoms with Crippen molar-refractivity contribution in [1.29, 1.82) is 0 Å². The molecule has 0 bridgehead atoms. The van der Waals surface area contributed by atoms with E-state index in [0.717, 1.165) is 35.3 Å². The predicted molar refractivity (Wildman–Crippen MR) is 107 cm³/mol. The Bertz CT molecular complexity index is 645. The zero-order chi connectivity index (χ0) is 15.9. The molecule has 0 spiro atoms. The summed E-state index contributed by atoms with van der Waals surface area (Å²) in [5, 5.41) is 15.9. The van der Waals surface area contributed by atoms with Crippen LogP contribution in [0, 0.1) is 6.92 Å². The van der Waals surface area contributed by atoms with Crippen LogP contribution in [-0.4, -0.2) is 34.5 Å². The molecule has 126 valence electrons. The van der Waals surface area contributed by atoms with Crippen LogP contribution in [0.25, 0.3) is 0 Å². The van der Waals surface area contributed by atoms with Crippen LogP contribution >= 0.6 is 35.3 Å². The van der Waals surface area contributed by atoms with Gasteiger partial charge in [-0.05, 0) is 31.5 Å². The predicted octanol–water partition coefficient (Wildman–Crippen LogP) is 3.37. The molecule has 0 amide bonds. The molecule has 5 nitrogen and oxygen atoms in total. The molecule has 0 aliphatic carbocycles. The summed E-state index contributed by atoms with van der Waals surface area (Å²) in [5.41, 5.74) is 2.03. The van der Waals surface area contributed by atoms with E-state index in [0.29, 0.717) is 6.54 Å². The molecular weight excluding hydrogens is 423 g/mol. The highest BCUT2D eigenvalue weighted by molar-refractivity contribution is 14.0. The summed E-state index contributed by atoms with van der Waals surface area (Å²) in [4.78, 5) is 11.2. The first kappa shape index (κ1) is 19.7. The lowest BCUT2D eigenvalue weighted by molar-refractivity contribution is 0.469. The lowest BCUT2D eigenvalue weighted by atomic mass is 10.2. The molecule has 0 fully saturated rings. The normalized spacial score (nSPS) is 11.0. The van der Waals surface area contributed by atoms with Crippen LogP contribution < -0.4 is 5.32 Å². The summed E-state index contributed by atoms with van der Waals surface area (Å²) in [5.74, 6) is 1.10. The van der Waals surface area contributed by atoms with Crippen molar-refractivity contribution in [2.45, 2.75) is 26.9 Å². The van der Waals surface area contributed by atoms with Crippen LogP contribution in [0.4, 0.5) is 0 Å². The maximum Gasteiger partial charge on any atom is 0.194 e. The standard InChI is InChI=1S/C16H22N4OS.HI/c1-4-17-16(18-9-13-6-5-7-15(21)8-13)20(3)10-14-11-22-12(2)19-14;/h5-8,11,21H,4,9-10H2,1-3H3,(H,17,18);1H. The van der Waals surface area contributed by atoms with E-state index in [-0.39, 0.29) is 29.7 Å². The molecule has 23 heavy (non-hydrogen) atoms. The molecule has 0 unspecified atom stereocenters. The summed E-state index contributed by atoms with van der Waals surface area (Å²) in [7, 11) is 2.00. The van der Waals surface area contributed by atoms with Crippen molar-refractivity contribution in [1.82, 2.24) is 15.2 Å². The monoisotopic (exact) mass is 446 g/mol. The minimum atomic E-state index is 0. The number of aryl methyl sites for hydroxylation is 1. The van der Waals surface area contributed by atoms with Gasteiger partial charge in [-0.3, -0.25) is 0 Å². The second-order valence-corrected chi connectivity index (χ2v) is 6.12. The van der Waals surface area contributed by atoms with E-state index in [1.165, 1.54) is 0 Å². The van der Waals surface area contributed by atoms with Crippen LogP contribution in [-0.2, 0) is 13.1 Å². The largest absolute Gasteiger partial charge is 0.508 e. The van der Waals surface area contributed by atoms with Gasteiger partial charge in [0.05, 0.1) is 23.8 Å². The maximum absolute atomic E-state index is 9.51. The molecule has 1 aromatic heterocycles. The third kappa shape index (κ3) is 6.34. The number of phenolic OH excluding ortho intramolecular Hbond substituents is 1. The Hall–Kier alpha value is -1.35. The second-order valence-electron chi connectivity index (χ2n) is 5.05. The number of thiazole rings is 1. The molecule has 1 aromatic carbocycles. The Morgan fingerprint density at radius 2 is 2.22 bits per heavy atom. The lowest BCUT2D eigenvalue weighted by Gasteiger charge is -2.21. The van der Waals surface area contributed by atoms with Gasteiger partial charge in [0.1, 0.15) is 5.75 Å². The number of halogens is 1. The summed E-state index contributed by atoms with van der Waals surface area (Å²) < 4.78 is 0. The van der Waals surface area contributed by atoms with Gasteiger partial charge in [-0.25, -0.2) is 9.98 Å². The fraction of sp³-hybridized carbons (Fsp3) is 0.375. The fourth-order valence-corrected chi connectivity index (χ4v) is 2.69. The smallest absolute Gasteiger partial charge is 0.194 e. The number of hydrogen-bond donors (Lipinski definition) is 2. The van der Waals surface area contributed by atoms with Crippen LogP contribution in [0.3, 0.4) is 0 Å². The number of aliphatic imine (C=N–C) groups is 1. The van der Waals surface area contributed by atoms with E-state index in [9.17, 15) is 5.11 Å². The third-order valence-corrected chi connectivity index (χ3v) is 3.91. The lowest BCUT2D eigenvalue weighted by Crippen LogP contribution is -2.38. The van der Waals surface area contributed by atoms with E-state index >= 15 is 0 Å². The highest BCUT2D eigenvalue weighted by Gasteiger charge is 2.08. The van der Waals surface area contributed by atoms with Gasteiger partial charge in [-0.15, -0.1) is 35.3 Å². The molecule has 2 N–H and O–H groups in total. The van der Waals surface area contributed by atoms with Crippen LogP contribution in [0.2, 0.25) is 0 Å². The highest BCUT2D eigenvalue weighted by Crippen LogP contribution is 2.12. The molecule has 0 radical (unpaired) electrons. The van der Waals surface area contributed by atoms with Gasteiger partial charge in [-0.1, -0.05) is 12.1 Å². The number of hydrogen-bond acceptors (Lipinski definition) is 4. The highest BCUT2D eigenvalue weighted by atomic mass is 127. The Morgan fingerprint density at radius 3 is 2.83 bits per heavy atom. The third-order valence-electron chi connectivity index (χ3n) is 3.08. The number of nitrogens with zero attached hydrogens (tertiary/aromatic N) is 3. The van der Waals surface area contributed by atoms with Gasteiger partial charge < -0.3 is 15.3 Å². The molecule has 0 saturated carbocycles. The van der Waals surface area contributed by atoms with Crippen molar-refractivity contribution in [3.8, 4) is 5.75 Å². The number of nitrogens with one attached hydrogen (secondary N) is 1. The Labute approximate surface area is 158 Å². The molecule has 0 aliphatic heterocycles. The zero-order valence-corrected chi connectivity index (χ0v) is 16.8. The van der Waals surface area contributed by atoms with E-state index in [1.807, 2.05) is 33.0 Å². The van der Waals surface area contributed by atoms with Crippen LogP contribution in [0.15, 0.2) is 34.6 Å². The first-order valence-electron chi connectivity index (χ1n) is 7.27. The summed E-state index contributed by atoms with van der Waals surface area (Å²) in [6, 6.07) is 7.18. The second kappa shape index (κ2) is 9.71. The number of aromatic hydroxyl groups is 1. The van der Waals surface area contributed by atoms with Crippen molar-refractivity contribution in [2.24, 2.45) is 4.99 Å². The number of aromatic nitrogens is 1. The molecule has 7 heteroatoms. The van der Waals surface area contributed by atoms with Gasteiger partial charge in [0, 0.05) is 19.0 Å². The number of benzene rings is 1. The zero-order valence-electron chi connectivity index (χ0n) is 13.6. The minimum Gasteiger partial charge on any atom is -0.508 e. The van der Waals surface area contributed by atoms with E-state index in [1.54, 1.807) is 23.5 Å². The molecular formula is C16H23IN4OS. The van der Waals surface area contributed by atoms with Gasteiger partial charge in [-0.2, -0.15) is 0 Å². The Kier molecular flexibility index (Phi) is 8.32. The van der Waals surface area contributed by atoms with Gasteiger partial charge >= 0.3 is 0 Å². The quantitative estimate of drug-likeness (QED) is 0.420. The topological polar surface area (TPSA) is 60.8 Å². The van der Waals surface area contributed by atoms with Gasteiger partial charge in [0.25, 0.3) is 0 Å². The van der Waals surface area contributed by atoms with E-state index < -0.39 is 0 Å². The van der Waals surface area contributed by atoms with Crippen molar-refractivity contribution >= 4 is 41.3 Å². The minimum absolute atomic E-state index is 0.